The normalized spacial score (nSPS) is 12.6. The standard InChI is InChI=1S/C13H23N3/c1-6-14-13-9-12(7-8-15-13)16(5)11(4)10(2)3/h7-11H,6H2,1-5H3,(H,14,15). The van der Waals surface area contributed by atoms with Crippen LogP contribution in [0.1, 0.15) is 27.7 Å². The second kappa shape index (κ2) is 5.73. The van der Waals surface area contributed by atoms with Crippen LogP contribution in [-0.2, 0) is 0 Å². The fourth-order valence-corrected chi connectivity index (χ4v) is 1.60. The van der Waals surface area contributed by atoms with Crippen LogP contribution in [0, 0.1) is 5.92 Å². The zero-order valence-corrected chi connectivity index (χ0v) is 11.0. The zero-order chi connectivity index (χ0) is 12.1. The second-order valence-corrected chi connectivity index (χ2v) is 4.53. The van der Waals surface area contributed by atoms with Gasteiger partial charge in [-0.05, 0) is 25.8 Å². The molecule has 0 aromatic carbocycles. The first-order valence-electron chi connectivity index (χ1n) is 5.99. The Morgan fingerprint density at radius 1 is 1.38 bits per heavy atom. The maximum absolute atomic E-state index is 4.28. The summed E-state index contributed by atoms with van der Waals surface area (Å²) < 4.78 is 0. The third kappa shape index (κ3) is 3.12. The van der Waals surface area contributed by atoms with Crippen LogP contribution >= 0.6 is 0 Å². The van der Waals surface area contributed by atoms with Gasteiger partial charge in [0.1, 0.15) is 5.82 Å². The van der Waals surface area contributed by atoms with E-state index in [0.717, 1.165) is 12.4 Å². The molecule has 3 nitrogen and oxygen atoms in total. The molecule has 1 N–H and O–H groups in total. The first-order valence-corrected chi connectivity index (χ1v) is 5.99. The van der Waals surface area contributed by atoms with Crippen LogP contribution in [-0.4, -0.2) is 24.6 Å². The summed E-state index contributed by atoms with van der Waals surface area (Å²) in [4.78, 5) is 6.58. The van der Waals surface area contributed by atoms with Gasteiger partial charge in [-0.3, -0.25) is 0 Å². The SMILES string of the molecule is CCNc1cc(N(C)C(C)C(C)C)ccn1. The predicted octanol–water partition coefficient (Wildman–Crippen LogP) is 2.99. The lowest BCUT2D eigenvalue weighted by molar-refractivity contribution is 0.505. The minimum absolute atomic E-state index is 0.525. The molecule has 0 aliphatic heterocycles. The van der Waals surface area contributed by atoms with Gasteiger partial charge in [0.2, 0.25) is 0 Å². The van der Waals surface area contributed by atoms with E-state index in [9.17, 15) is 0 Å². The summed E-state index contributed by atoms with van der Waals surface area (Å²) in [5.74, 6) is 1.59. The molecule has 16 heavy (non-hydrogen) atoms. The van der Waals surface area contributed by atoms with Crippen LogP contribution in [0.2, 0.25) is 0 Å². The van der Waals surface area contributed by atoms with Crippen LogP contribution in [0.15, 0.2) is 18.3 Å². The molecule has 0 radical (unpaired) electrons. The number of nitrogens with zero attached hydrogens (tertiary/aromatic N) is 2. The van der Waals surface area contributed by atoms with Crippen LogP contribution in [0.5, 0.6) is 0 Å². The lowest BCUT2D eigenvalue weighted by atomic mass is 10.0. The van der Waals surface area contributed by atoms with Crippen molar-refractivity contribution >= 4 is 11.5 Å². The molecule has 1 atom stereocenters. The van der Waals surface area contributed by atoms with Crippen molar-refractivity contribution in [2.24, 2.45) is 5.92 Å². The van der Waals surface area contributed by atoms with Gasteiger partial charge in [0.15, 0.2) is 0 Å². The molecule has 3 heteroatoms. The lowest BCUT2D eigenvalue weighted by Crippen LogP contribution is -2.33. The van der Waals surface area contributed by atoms with E-state index in [2.05, 4.69) is 62.1 Å². The summed E-state index contributed by atoms with van der Waals surface area (Å²) in [6, 6.07) is 4.68. The van der Waals surface area contributed by atoms with Crippen molar-refractivity contribution in [1.29, 1.82) is 0 Å². The molecule has 0 saturated heterocycles. The molecule has 0 spiro atoms. The van der Waals surface area contributed by atoms with Gasteiger partial charge < -0.3 is 10.2 Å². The highest BCUT2D eigenvalue weighted by molar-refractivity contribution is 5.53. The van der Waals surface area contributed by atoms with Crippen LogP contribution in [0.25, 0.3) is 0 Å². The van der Waals surface area contributed by atoms with E-state index in [4.69, 9.17) is 0 Å². The Hall–Kier alpha value is -1.25. The summed E-state index contributed by atoms with van der Waals surface area (Å²) >= 11 is 0. The monoisotopic (exact) mass is 221 g/mol. The summed E-state index contributed by atoms with van der Waals surface area (Å²) in [6.45, 7) is 9.72. The van der Waals surface area contributed by atoms with E-state index in [1.807, 2.05) is 6.20 Å². The highest BCUT2D eigenvalue weighted by Crippen LogP contribution is 2.20. The lowest BCUT2D eigenvalue weighted by Gasteiger charge is -2.30. The molecule has 1 heterocycles. The highest BCUT2D eigenvalue weighted by Gasteiger charge is 2.13. The fraction of sp³-hybridized carbons (Fsp3) is 0.615. The van der Waals surface area contributed by atoms with E-state index in [1.54, 1.807) is 0 Å². The van der Waals surface area contributed by atoms with Gasteiger partial charge in [-0.25, -0.2) is 4.98 Å². The number of anilines is 2. The average Bonchev–Trinajstić information content (AvgIpc) is 2.28. The molecule has 0 bridgehead atoms. The first kappa shape index (κ1) is 12.8. The number of hydrogen-bond donors (Lipinski definition) is 1. The van der Waals surface area contributed by atoms with E-state index in [1.165, 1.54) is 5.69 Å². The Labute approximate surface area is 98.9 Å². The van der Waals surface area contributed by atoms with Crippen LogP contribution < -0.4 is 10.2 Å². The van der Waals surface area contributed by atoms with Gasteiger partial charge in [0.25, 0.3) is 0 Å². The molecule has 0 aliphatic carbocycles. The first-order chi connectivity index (χ1) is 7.56. The number of nitrogens with one attached hydrogen (secondary N) is 1. The number of aromatic nitrogens is 1. The van der Waals surface area contributed by atoms with Crippen LogP contribution in [0.4, 0.5) is 11.5 Å². The average molecular weight is 221 g/mol. The second-order valence-electron chi connectivity index (χ2n) is 4.53. The predicted molar refractivity (Wildman–Crippen MR) is 71.1 cm³/mol. The van der Waals surface area contributed by atoms with Gasteiger partial charge in [0.05, 0.1) is 0 Å². The van der Waals surface area contributed by atoms with Gasteiger partial charge >= 0.3 is 0 Å². The van der Waals surface area contributed by atoms with Crippen molar-refractivity contribution in [2.45, 2.75) is 33.7 Å². The van der Waals surface area contributed by atoms with Gasteiger partial charge in [-0.1, -0.05) is 13.8 Å². The van der Waals surface area contributed by atoms with Gasteiger partial charge in [0, 0.05) is 37.6 Å². The molecule has 1 rings (SSSR count). The largest absolute Gasteiger partial charge is 0.371 e. The highest BCUT2D eigenvalue weighted by atomic mass is 15.1. The van der Waals surface area contributed by atoms with Gasteiger partial charge in [-0.15, -0.1) is 0 Å². The van der Waals surface area contributed by atoms with Crippen molar-refractivity contribution in [2.75, 3.05) is 23.8 Å². The van der Waals surface area contributed by atoms with Crippen molar-refractivity contribution in [3.8, 4) is 0 Å². The molecular weight excluding hydrogens is 198 g/mol. The third-order valence-corrected chi connectivity index (χ3v) is 3.08. The Morgan fingerprint density at radius 3 is 2.62 bits per heavy atom. The van der Waals surface area contributed by atoms with Gasteiger partial charge in [-0.2, -0.15) is 0 Å². The quantitative estimate of drug-likeness (QED) is 0.828. The van der Waals surface area contributed by atoms with Crippen molar-refractivity contribution in [3.05, 3.63) is 18.3 Å². The molecule has 90 valence electrons. The van der Waals surface area contributed by atoms with Crippen molar-refractivity contribution in [1.82, 2.24) is 4.98 Å². The van der Waals surface area contributed by atoms with E-state index >= 15 is 0 Å². The number of rotatable bonds is 5. The summed E-state index contributed by atoms with van der Waals surface area (Å²) in [5.41, 5.74) is 1.21. The molecule has 0 fully saturated rings. The molecule has 0 saturated carbocycles. The fourth-order valence-electron chi connectivity index (χ4n) is 1.60. The minimum atomic E-state index is 0.525. The molecule has 1 unspecified atom stereocenters. The summed E-state index contributed by atoms with van der Waals surface area (Å²) in [5, 5.41) is 3.23. The molecule has 0 aliphatic rings. The smallest absolute Gasteiger partial charge is 0.127 e. The third-order valence-electron chi connectivity index (χ3n) is 3.08. The maximum atomic E-state index is 4.28. The van der Waals surface area contributed by atoms with Crippen molar-refractivity contribution < 1.29 is 0 Å². The molecular formula is C13H23N3. The number of pyridine rings is 1. The Kier molecular flexibility index (Phi) is 4.59. The van der Waals surface area contributed by atoms with Crippen molar-refractivity contribution in [3.63, 3.8) is 0 Å². The Bertz CT molecular complexity index is 323. The number of hydrogen-bond acceptors (Lipinski definition) is 3. The topological polar surface area (TPSA) is 28.2 Å². The summed E-state index contributed by atoms with van der Waals surface area (Å²) in [6.07, 6.45) is 1.86. The maximum Gasteiger partial charge on any atom is 0.127 e. The Morgan fingerprint density at radius 2 is 2.06 bits per heavy atom. The van der Waals surface area contributed by atoms with E-state index < -0.39 is 0 Å². The van der Waals surface area contributed by atoms with E-state index in [-0.39, 0.29) is 0 Å². The molecule has 0 amide bonds. The van der Waals surface area contributed by atoms with Crippen LogP contribution in [0.3, 0.4) is 0 Å². The Balaban J connectivity index is 2.82. The molecule has 1 aromatic rings. The summed E-state index contributed by atoms with van der Waals surface area (Å²) in [7, 11) is 2.13. The van der Waals surface area contributed by atoms with E-state index in [0.29, 0.717) is 12.0 Å². The minimum Gasteiger partial charge on any atom is -0.371 e. The zero-order valence-electron chi connectivity index (χ0n) is 11.0. The molecule has 1 aromatic heterocycles.